The molecule has 0 saturated heterocycles. The van der Waals surface area contributed by atoms with Gasteiger partial charge in [-0.25, -0.2) is 4.98 Å². The zero-order valence-electron chi connectivity index (χ0n) is 11.8. The van der Waals surface area contributed by atoms with E-state index in [4.69, 9.17) is 9.47 Å². The molecule has 0 aliphatic heterocycles. The van der Waals surface area contributed by atoms with E-state index in [0.29, 0.717) is 31.9 Å². The fraction of sp³-hybridized carbons (Fsp3) is 0.714. The fourth-order valence-corrected chi connectivity index (χ4v) is 2.50. The minimum Gasteiger partial charge on any atom is -0.382 e. The molecule has 0 aromatic carbocycles. The van der Waals surface area contributed by atoms with Gasteiger partial charge in [-0.15, -0.1) is 0 Å². The number of rotatable bonds is 6. The number of imidazole rings is 1. The summed E-state index contributed by atoms with van der Waals surface area (Å²) in [5, 5.41) is 0. The molecule has 0 spiro atoms. The molecule has 0 unspecified atom stereocenters. The first kappa shape index (κ1) is 14.2. The molecule has 2 rings (SSSR count). The Morgan fingerprint density at radius 2 is 2.05 bits per heavy atom. The van der Waals surface area contributed by atoms with Crippen LogP contribution in [0.25, 0.3) is 0 Å². The molecule has 1 aromatic heterocycles. The van der Waals surface area contributed by atoms with E-state index in [0.717, 1.165) is 37.3 Å². The van der Waals surface area contributed by atoms with Gasteiger partial charge in [0.2, 0.25) is 0 Å². The molecule has 1 aliphatic rings. The Morgan fingerprint density at radius 1 is 1.26 bits per heavy atom. The Balaban J connectivity index is 2.15. The summed E-state index contributed by atoms with van der Waals surface area (Å²) in [6, 6.07) is 0. The van der Waals surface area contributed by atoms with Gasteiger partial charge in [0, 0.05) is 25.8 Å². The number of carbonyl (C=O) groups is 1. The number of aromatic nitrogens is 2. The first-order valence-corrected chi connectivity index (χ1v) is 6.96. The number of ether oxygens (including phenoxy) is 2. The summed E-state index contributed by atoms with van der Waals surface area (Å²) in [5.41, 5.74) is 1.76. The molecule has 0 fully saturated rings. The maximum absolute atomic E-state index is 12.0. The van der Waals surface area contributed by atoms with E-state index < -0.39 is 0 Å². The molecule has 5 nitrogen and oxygen atoms in total. The third kappa shape index (κ3) is 3.22. The van der Waals surface area contributed by atoms with E-state index in [-0.39, 0.29) is 5.78 Å². The van der Waals surface area contributed by atoms with Crippen LogP contribution in [0.1, 0.15) is 48.2 Å². The van der Waals surface area contributed by atoms with Crippen molar-refractivity contribution in [1.29, 1.82) is 0 Å². The van der Waals surface area contributed by atoms with Crippen molar-refractivity contribution in [2.45, 2.75) is 45.8 Å². The molecule has 0 amide bonds. The average Bonchev–Trinajstić information content (AvgIpc) is 2.67. The number of hydrogen-bond acceptors (Lipinski definition) is 4. The summed E-state index contributed by atoms with van der Waals surface area (Å²) >= 11 is 0. The summed E-state index contributed by atoms with van der Waals surface area (Å²) in [6.45, 7) is 4.48. The molecule has 19 heavy (non-hydrogen) atoms. The van der Waals surface area contributed by atoms with Crippen LogP contribution >= 0.6 is 0 Å². The van der Waals surface area contributed by atoms with Gasteiger partial charge in [-0.2, -0.15) is 0 Å². The third-order valence-corrected chi connectivity index (χ3v) is 3.46. The van der Waals surface area contributed by atoms with Gasteiger partial charge in [0.25, 0.3) is 0 Å². The van der Waals surface area contributed by atoms with Gasteiger partial charge in [0.1, 0.15) is 18.1 Å². The number of hydrogen-bond donors (Lipinski definition) is 0. The lowest BCUT2D eigenvalue weighted by Gasteiger charge is -2.09. The molecule has 5 heteroatoms. The minimum atomic E-state index is 0.179. The number of carbonyl (C=O) groups excluding carboxylic acids is 1. The second-order valence-electron chi connectivity index (χ2n) is 4.74. The third-order valence-electron chi connectivity index (χ3n) is 3.46. The van der Waals surface area contributed by atoms with Crippen LogP contribution in [0.4, 0.5) is 0 Å². The molecule has 1 aliphatic carbocycles. The van der Waals surface area contributed by atoms with E-state index >= 15 is 0 Å². The maximum atomic E-state index is 12.0. The van der Waals surface area contributed by atoms with Crippen molar-refractivity contribution in [1.82, 2.24) is 9.55 Å². The van der Waals surface area contributed by atoms with Crippen molar-refractivity contribution < 1.29 is 14.3 Å². The predicted octanol–water partition coefficient (Wildman–Crippen LogP) is 1.98. The van der Waals surface area contributed by atoms with Gasteiger partial charge in [0.05, 0.1) is 13.2 Å². The summed E-state index contributed by atoms with van der Waals surface area (Å²) in [6.07, 6.45) is 3.60. The highest BCUT2D eigenvalue weighted by molar-refractivity contribution is 5.95. The molecular formula is C14H22N2O3. The lowest BCUT2D eigenvalue weighted by Crippen LogP contribution is -2.09. The van der Waals surface area contributed by atoms with E-state index in [1.165, 1.54) is 0 Å². The molecule has 1 aromatic rings. The largest absolute Gasteiger partial charge is 0.382 e. The van der Waals surface area contributed by atoms with Gasteiger partial charge in [-0.05, 0) is 26.2 Å². The first-order chi connectivity index (χ1) is 9.27. The topological polar surface area (TPSA) is 53.4 Å². The van der Waals surface area contributed by atoms with Crippen LogP contribution in [0.3, 0.4) is 0 Å². The van der Waals surface area contributed by atoms with E-state index in [2.05, 4.69) is 16.5 Å². The number of ketones is 1. The highest BCUT2D eigenvalue weighted by Crippen LogP contribution is 2.22. The van der Waals surface area contributed by atoms with Crippen LogP contribution < -0.4 is 0 Å². The standard InChI is InChI=1S/C14H22N2O3/c1-3-16-11-6-4-5-7-12(17)14(11)15-13(16)10-19-9-8-18-2/h3-10H2,1-2H3. The lowest BCUT2D eigenvalue weighted by atomic mass is 10.2. The average molecular weight is 266 g/mol. The SMILES string of the molecule is CCn1c(COCCOC)nc2c1CCCCC2=O. The monoisotopic (exact) mass is 266 g/mol. The number of methoxy groups -OCH3 is 1. The summed E-state index contributed by atoms with van der Waals surface area (Å²) in [7, 11) is 1.65. The highest BCUT2D eigenvalue weighted by Gasteiger charge is 2.23. The van der Waals surface area contributed by atoms with Crippen LogP contribution in [0.2, 0.25) is 0 Å². The smallest absolute Gasteiger partial charge is 0.183 e. The van der Waals surface area contributed by atoms with Gasteiger partial charge < -0.3 is 14.0 Å². The van der Waals surface area contributed by atoms with E-state index in [9.17, 15) is 4.79 Å². The molecule has 0 radical (unpaired) electrons. The zero-order valence-corrected chi connectivity index (χ0v) is 11.8. The zero-order chi connectivity index (χ0) is 13.7. The summed E-state index contributed by atoms with van der Waals surface area (Å²) in [4.78, 5) is 16.5. The number of nitrogens with zero attached hydrogens (tertiary/aromatic N) is 2. The molecule has 0 atom stereocenters. The van der Waals surface area contributed by atoms with Crippen molar-refractivity contribution in [3.8, 4) is 0 Å². The van der Waals surface area contributed by atoms with Crippen LogP contribution in [-0.4, -0.2) is 35.7 Å². The Labute approximate surface area is 113 Å². The summed E-state index contributed by atoms with van der Waals surface area (Å²) < 4.78 is 12.6. The number of fused-ring (bicyclic) bond motifs is 1. The molecule has 106 valence electrons. The first-order valence-electron chi connectivity index (χ1n) is 6.96. The normalized spacial score (nSPS) is 15.4. The summed E-state index contributed by atoms with van der Waals surface area (Å²) in [5.74, 6) is 1.04. The second-order valence-corrected chi connectivity index (χ2v) is 4.74. The van der Waals surface area contributed by atoms with Crippen LogP contribution in [0.15, 0.2) is 0 Å². The Morgan fingerprint density at radius 3 is 2.79 bits per heavy atom. The predicted molar refractivity (Wildman–Crippen MR) is 71.3 cm³/mol. The maximum Gasteiger partial charge on any atom is 0.183 e. The van der Waals surface area contributed by atoms with Crippen molar-refractivity contribution in [2.75, 3.05) is 20.3 Å². The van der Waals surface area contributed by atoms with Crippen LogP contribution in [0.5, 0.6) is 0 Å². The Bertz CT molecular complexity index is 440. The molecule has 1 heterocycles. The van der Waals surface area contributed by atoms with Crippen molar-refractivity contribution in [3.63, 3.8) is 0 Å². The fourth-order valence-electron chi connectivity index (χ4n) is 2.50. The highest BCUT2D eigenvalue weighted by atomic mass is 16.5. The quantitative estimate of drug-likeness (QED) is 0.583. The van der Waals surface area contributed by atoms with Gasteiger partial charge in [-0.3, -0.25) is 4.79 Å². The Hall–Kier alpha value is -1.20. The number of Topliss-reactive ketones (excluding diaryl/α,β-unsaturated/α-hetero) is 1. The van der Waals surface area contributed by atoms with Gasteiger partial charge in [0.15, 0.2) is 5.78 Å². The molecule has 0 saturated carbocycles. The van der Waals surface area contributed by atoms with Crippen molar-refractivity contribution >= 4 is 5.78 Å². The lowest BCUT2D eigenvalue weighted by molar-refractivity contribution is 0.0572. The van der Waals surface area contributed by atoms with E-state index in [1.807, 2.05) is 0 Å². The van der Waals surface area contributed by atoms with Crippen LogP contribution in [0, 0.1) is 0 Å². The molecule has 0 N–H and O–H groups in total. The van der Waals surface area contributed by atoms with Crippen molar-refractivity contribution in [3.05, 3.63) is 17.2 Å². The minimum absolute atomic E-state index is 0.179. The van der Waals surface area contributed by atoms with Gasteiger partial charge in [-0.1, -0.05) is 0 Å². The Kier molecular flexibility index (Phi) is 5.10. The van der Waals surface area contributed by atoms with E-state index in [1.54, 1.807) is 7.11 Å². The molecule has 0 bridgehead atoms. The van der Waals surface area contributed by atoms with Crippen LogP contribution in [-0.2, 0) is 29.0 Å². The van der Waals surface area contributed by atoms with Crippen molar-refractivity contribution in [2.24, 2.45) is 0 Å². The van der Waals surface area contributed by atoms with Gasteiger partial charge >= 0.3 is 0 Å². The molecular weight excluding hydrogens is 244 g/mol. The second kappa shape index (κ2) is 6.82.